The summed E-state index contributed by atoms with van der Waals surface area (Å²) in [5.74, 6) is 0.453. The molecule has 1 saturated heterocycles. The Balaban J connectivity index is 1.60. The summed E-state index contributed by atoms with van der Waals surface area (Å²) in [5.41, 5.74) is 2.49. The van der Waals surface area contributed by atoms with Gasteiger partial charge in [-0.1, -0.05) is 0 Å². The summed E-state index contributed by atoms with van der Waals surface area (Å²) in [5, 5.41) is 14.4. The summed E-state index contributed by atoms with van der Waals surface area (Å²) in [7, 11) is 0. The van der Waals surface area contributed by atoms with Crippen LogP contribution in [0.15, 0.2) is 52.1 Å². The van der Waals surface area contributed by atoms with Gasteiger partial charge in [0, 0.05) is 0 Å². The maximum absolute atomic E-state index is 12.8. The van der Waals surface area contributed by atoms with Crippen molar-refractivity contribution in [3.8, 4) is 11.4 Å². The molecule has 9 heteroatoms. The Bertz CT molecular complexity index is 1020. The molecule has 1 fully saturated rings. The molecule has 26 heavy (non-hydrogen) atoms. The van der Waals surface area contributed by atoms with Crippen molar-refractivity contribution in [2.45, 2.75) is 0 Å². The minimum absolute atomic E-state index is 0.0766. The van der Waals surface area contributed by atoms with Crippen LogP contribution in [0.25, 0.3) is 17.5 Å². The van der Waals surface area contributed by atoms with Crippen molar-refractivity contribution < 1.29 is 26.0 Å². The Labute approximate surface area is 169 Å². The van der Waals surface area contributed by atoms with E-state index < -0.39 is 21.2 Å². The van der Waals surface area contributed by atoms with Crippen LogP contribution in [0.5, 0.6) is 0 Å². The third-order valence-corrected chi connectivity index (χ3v) is 6.87. The van der Waals surface area contributed by atoms with Crippen LogP contribution in [0.2, 0.25) is 5.02 Å². The van der Waals surface area contributed by atoms with Crippen LogP contribution >= 0.6 is 23.8 Å². The quantitative estimate of drug-likeness (QED) is 0.186. The molecule has 3 aromatic rings. The fourth-order valence-corrected chi connectivity index (χ4v) is 5.59. The van der Waals surface area contributed by atoms with E-state index in [2.05, 4.69) is 20.6 Å². The van der Waals surface area contributed by atoms with Crippen molar-refractivity contribution in [1.82, 2.24) is 20.6 Å². The second kappa shape index (κ2) is 7.22. The van der Waals surface area contributed by atoms with Gasteiger partial charge in [0.1, 0.15) is 0 Å². The first-order chi connectivity index (χ1) is 12.6. The molecule has 130 valence electrons. The number of carbonyl (C=O) groups excluding carboxylic acids is 1. The second-order valence-corrected chi connectivity index (χ2v) is 9.60. The first-order valence-electron chi connectivity index (χ1n) is 7.46. The zero-order valence-corrected chi connectivity index (χ0v) is 16.8. The van der Waals surface area contributed by atoms with Gasteiger partial charge in [-0.2, -0.15) is 0 Å². The molecule has 0 aliphatic carbocycles. The maximum atomic E-state index is 12.8. The van der Waals surface area contributed by atoms with E-state index in [0.717, 1.165) is 14.7 Å². The molecule has 0 spiro atoms. The van der Waals surface area contributed by atoms with Gasteiger partial charge in [0.25, 0.3) is 0 Å². The molecule has 0 saturated carbocycles. The predicted molar refractivity (Wildman–Crippen MR) is 99.1 cm³/mol. The first kappa shape index (κ1) is 17.3. The number of hydrogen-bond donors (Lipinski definition) is 1. The molecular weight excluding hydrogens is 485 g/mol. The number of hydrogen-bond acceptors (Lipinski definition) is 5. The Morgan fingerprint density at radius 1 is 1.19 bits per heavy atom. The third-order valence-electron chi connectivity index (χ3n) is 3.64. The summed E-state index contributed by atoms with van der Waals surface area (Å²) in [6, 6.07) is 14.8. The first-order valence-corrected chi connectivity index (χ1v) is 10.4. The number of aromatic nitrogens is 4. The van der Waals surface area contributed by atoms with Crippen molar-refractivity contribution in [2.24, 2.45) is 0 Å². The van der Waals surface area contributed by atoms with Crippen LogP contribution < -0.4 is 26.1 Å². The monoisotopic (exact) mass is 494 g/mol. The van der Waals surface area contributed by atoms with E-state index in [1.54, 1.807) is 17.0 Å². The topological polar surface area (TPSA) is 74.8 Å². The number of benzene rings is 2. The van der Waals surface area contributed by atoms with E-state index in [-0.39, 0.29) is 5.91 Å². The van der Waals surface area contributed by atoms with Crippen LogP contribution in [0.4, 0.5) is 5.69 Å². The number of aromatic amines is 1. The van der Waals surface area contributed by atoms with Crippen LogP contribution in [0.1, 0.15) is 5.56 Å². The van der Waals surface area contributed by atoms with Gasteiger partial charge in [0.2, 0.25) is 0 Å². The number of halogens is 2. The number of nitrogens with zero attached hydrogens (tertiary/aromatic N) is 4. The van der Waals surface area contributed by atoms with E-state index >= 15 is 0 Å². The van der Waals surface area contributed by atoms with E-state index in [0.29, 0.717) is 19.5 Å². The van der Waals surface area contributed by atoms with Crippen molar-refractivity contribution in [1.29, 1.82) is 0 Å². The van der Waals surface area contributed by atoms with Gasteiger partial charge >= 0.3 is 170 Å². The average molecular weight is 495 g/mol. The number of amides is 1. The van der Waals surface area contributed by atoms with Gasteiger partial charge in [0.05, 0.1) is 0 Å². The fourth-order valence-electron chi connectivity index (χ4n) is 2.44. The van der Waals surface area contributed by atoms with Crippen LogP contribution in [-0.4, -0.2) is 29.5 Å². The minimum atomic E-state index is -0.687. The number of anilines is 1. The third kappa shape index (κ3) is 3.39. The van der Waals surface area contributed by atoms with Gasteiger partial charge in [-0.15, -0.1) is 0 Å². The number of tetrazole rings is 1. The van der Waals surface area contributed by atoms with Crippen LogP contribution in [0, 0.1) is 0 Å². The molecule has 0 atom stereocenters. The molecule has 0 unspecified atom stereocenters. The predicted octanol–water partition coefficient (Wildman–Crippen LogP) is 0.282. The summed E-state index contributed by atoms with van der Waals surface area (Å²) in [6.45, 7) is 0. The molecule has 1 aliphatic rings. The van der Waals surface area contributed by atoms with E-state index in [1.807, 2.05) is 42.5 Å². The van der Waals surface area contributed by atoms with Crippen molar-refractivity contribution in [3.05, 3.63) is 62.7 Å². The van der Waals surface area contributed by atoms with Gasteiger partial charge in [-0.3, -0.25) is 0 Å². The standard InChI is InChI=1S/C17H10ClIN5OS/c18-12-2-1-3-13(9-12)24-16(25)14(19-17(24)26)8-10-4-6-11(7-5-10)15-20-22-23-21-15/h1-9H,(H,20,21,22,23)/q-1/b14-8-. The number of carbonyl (C=O) groups is 1. The molecule has 4 rings (SSSR count). The van der Waals surface area contributed by atoms with E-state index in [1.165, 1.54) is 0 Å². The van der Waals surface area contributed by atoms with Gasteiger partial charge in [-0.05, 0) is 0 Å². The molecule has 1 N–H and O–H groups in total. The normalized spacial score (nSPS) is 16.2. The number of H-pyrrole nitrogens is 1. The zero-order valence-electron chi connectivity index (χ0n) is 13.1. The molecule has 1 aliphatic heterocycles. The van der Waals surface area contributed by atoms with Crippen molar-refractivity contribution >= 4 is 44.5 Å². The SMILES string of the molecule is O=C1/C(=C/c2ccc(-c3nn[nH]n3)cc2)[I-]C(=S)N1c1cccc(Cl)c1. The molecule has 1 amide bonds. The molecule has 2 aromatic carbocycles. The Kier molecular flexibility index (Phi) is 4.79. The zero-order chi connectivity index (χ0) is 18.1. The Morgan fingerprint density at radius 3 is 2.69 bits per heavy atom. The number of rotatable bonds is 3. The van der Waals surface area contributed by atoms with Crippen LogP contribution in [0.3, 0.4) is 0 Å². The summed E-state index contributed by atoms with van der Waals surface area (Å²) in [4.78, 5) is 14.4. The number of nitrogens with one attached hydrogen (secondary N) is 1. The number of thiocarbonyl (C=S) groups is 1. The molecular formula is C17H10ClIN5OS-. The van der Waals surface area contributed by atoms with Crippen LogP contribution in [-0.2, 0) is 4.79 Å². The van der Waals surface area contributed by atoms with Gasteiger partial charge < -0.3 is 0 Å². The van der Waals surface area contributed by atoms with Crippen molar-refractivity contribution in [2.75, 3.05) is 4.90 Å². The Morgan fingerprint density at radius 2 is 2.00 bits per heavy atom. The molecule has 0 bridgehead atoms. The summed E-state index contributed by atoms with van der Waals surface area (Å²) >= 11 is 10.8. The summed E-state index contributed by atoms with van der Waals surface area (Å²) in [6.07, 6.45) is 1.90. The molecule has 6 nitrogen and oxygen atoms in total. The molecule has 0 radical (unpaired) electrons. The molecule has 1 aromatic heterocycles. The van der Waals surface area contributed by atoms with Gasteiger partial charge in [-0.25, -0.2) is 0 Å². The Hall–Kier alpha value is -2.17. The summed E-state index contributed by atoms with van der Waals surface area (Å²) < 4.78 is 1.42. The van der Waals surface area contributed by atoms with Gasteiger partial charge in [0.15, 0.2) is 0 Å². The van der Waals surface area contributed by atoms with E-state index in [4.69, 9.17) is 23.8 Å². The fraction of sp³-hybridized carbons (Fsp3) is 0. The van der Waals surface area contributed by atoms with Crippen molar-refractivity contribution in [3.63, 3.8) is 0 Å². The molecule has 2 heterocycles. The average Bonchev–Trinajstić information content (AvgIpc) is 3.25. The second-order valence-electron chi connectivity index (χ2n) is 5.32. The van der Waals surface area contributed by atoms with E-state index in [9.17, 15) is 4.79 Å².